The van der Waals surface area contributed by atoms with E-state index in [0.717, 1.165) is 24.6 Å². The summed E-state index contributed by atoms with van der Waals surface area (Å²) in [6.07, 6.45) is 1.12. The summed E-state index contributed by atoms with van der Waals surface area (Å²) in [4.78, 5) is 23.6. The number of aromatic nitrogens is 2. The summed E-state index contributed by atoms with van der Waals surface area (Å²) >= 11 is 13.3. The highest BCUT2D eigenvalue weighted by Gasteiger charge is 2.24. The summed E-state index contributed by atoms with van der Waals surface area (Å²) in [6, 6.07) is 2.93. The first-order valence-corrected chi connectivity index (χ1v) is 8.83. The number of benzene rings is 1. The maximum absolute atomic E-state index is 11.8. The number of carbonyl (C=O) groups excluding carboxylic acids is 2. The predicted octanol–water partition coefficient (Wildman–Crippen LogP) is 4.19. The van der Waals surface area contributed by atoms with E-state index < -0.39 is 12.1 Å². The molecule has 7 nitrogen and oxygen atoms in total. The van der Waals surface area contributed by atoms with Gasteiger partial charge < -0.3 is 14.8 Å². The lowest BCUT2D eigenvalue weighted by molar-refractivity contribution is 0.0601. The Morgan fingerprint density at radius 3 is 2.72 bits per heavy atom. The number of esters is 1. The number of amides is 1. The van der Waals surface area contributed by atoms with E-state index in [4.69, 9.17) is 27.9 Å². The number of hydrogen-bond donors (Lipinski definition) is 1. The summed E-state index contributed by atoms with van der Waals surface area (Å²) in [5.41, 5.74) is 0.544. The van der Waals surface area contributed by atoms with Crippen LogP contribution in [0.4, 0.5) is 4.79 Å². The second-order valence-electron chi connectivity index (χ2n) is 4.86. The summed E-state index contributed by atoms with van der Waals surface area (Å²) in [6.45, 7) is 2.50. The Balaban J connectivity index is 2.33. The molecule has 0 aliphatic carbocycles. The van der Waals surface area contributed by atoms with Crippen molar-refractivity contribution in [2.45, 2.75) is 19.8 Å². The minimum Gasteiger partial charge on any atom is -0.465 e. The Morgan fingerprint density at radius 2 is 2.04 bits per heavy atom. The third-order valence-electron chi connectivity index (χ3n) is 3.18. The van der Waals surface area contributed by atoms with Crippen LogP contribution in [0.1, 0.15) is 30.1 Å². The summed E-state index contributed by atoms with van der Waals surface area (Å²) in [7, 11) is 1.24. The highest BCUT2D eigenvalue weighted by molar-refractivity contribution is 6.99. The van der Waals surface area contributed by atoms with Gasteiger partial charge >= 0.3 is 12.1 Å². The molecule has 0 aliphatic rings. The second kappa shape index (κ2) is 8.98. The van der Waals surface area contributed by atoms with Gasteiger partial charge in [0, 0.05) is 12.1 Å². The minimum atomic E-state index is -0.654. The zero-order valence-corrected chi connectivity index (χ0v) is 15.8. The number of halogens is 2. The Kier molecular flexibility index (Phi) is 6.98. The third kappa shape index (κ3) is 4.59. The molecule has 25 heavy (non-hydrogen) atoms. The van der Waals surface area contributed by atoms with Crippen molar-refractivity contribution in [3.8, 4) is 17.1 Å². The molecule has 134 valence electrons. The first kappa shape index (κ1) is 19.4. The number of ether oxygens (including phenoxy) is 2. The molecule has 0 radical (unpaired) electrons. The lowest BCUT2D eigenvalue weighted by atomic mass is 10.1. The van der Waals surface area contributed by atoms with Gasteiger partial charge in [-0.25, -0.2) is 9.59 Å². The maximum atomic E-state index is 11.8. The van der Waals surface area contributed by atoms with Gasteiger partial charge in [-0.1, -0.05) is 36.5 Å². The number of rotatable bonds is 6. The van der Waals surface area contributed by atoms with Crippen LogP contribution in [0.25, 0.3) is 11.3 Å². The summed E-state index contributed by atoms with van der Waals surface area (Å²) in [5.74, 6) is -0.657. The van der Waals surface area contributed by atoms with Crippen molar-refractivity contribution in [1.82, 2.24) is 14.1 Å². The standard InChI is InChI=1S/C15H15Cl2N3O4S/c1-3-4-7-18-15(22)24-13-12(19-25-20-13)10-9(16)6-5-8(11(10)17)14(21)23-2/h5-6H,3-4,7H2,1-2H3,(H,18,22). The Morgan fingerprint density at radius 1 is 1.28 bits per heavy atom. The van der Waals surface area contributed by atoms with E-state index >= 15 is 0 Å². The van der Waals surface area contributed by atoms with E-state index in [0.29, 0.717) is 6.54 Å². The fourth-order valence-electron chi connectivity index (χ4n) is 1.93. The average Bonchev–Trinajstić information content (AvgIpc) is 3.02. The number of carbonyl (C=O) groups is 2. The van der Waals surface area contributed by atoms with Gasteiger partial charge in [0.15, 0.2) is 5.69 Å². The van der Waals surface area contributed by atoms with Crippen molar-refractivity contribution in [3.05, 3.63) is 27.7 Å². The van der Waals surface area contributed by atoms with Crippen LogP contribution in [0, 0.1) is 0 Å². The van der Waals surface area contributed by atoms with E-state index in [1.54, 1.807) is 0 Å². The fourth-order valence-corrected chi connectivity index (χ4v) is 3.04. The van der Waals surface area contributed by atoms with Gasteiger partial charge in [-0.15, -0.1) is 4.37 Å². The van der Waals surface area contributed by atoms with Crippen molar-refractivity contribution in [2.75, 3.05) is 13.7 Å². The van der Waals surface area contributed by atoms with Gasteiger partial charge in [0.25, 0.3) is 5.88 Å². The predicted molar refractivity (Wildman–Crippen MR) is 95.6 cm³/mol. The molecule has 1 amide bonds. The van der Waals surface area contributed by atoms with Gasteiger partial charge in [0.1, 0.15) is 0 Å². The van der Waals surface area contributed by atoms with Gasteiger partial charge in [0.2, 0.25) is 0 Å². The number of nitrogens with zero attached hydrogens (tertiary/aromatic N) is 2. The monoisotopic (exact) mass is 403 g/mol. The largest absolute Gasteiger partial charge is 0.465 e. The van der Waals surface area contributed by atoms with E-state index in [1.807, 2.05) is 6.92 Å². The molecule has 10 heteroatoms. The molecule has 0 fully saturated rings. The number of hydrogen-bond acceptors (Lipinski definition) is 7. The smallest absolute Gasteiger partial charge is 0.414 e. The topological polar surface area (TPSA) is 90.4 Å². The van der Waals surface area contributed by atoms with Crippen LogP contribution < -0.4 is 10.1 Å². The Labute approximate surface area is 158 Å². The fraction of sp³-hybridized carbons (Fsp3) is 0.333. The van der Waals surface area contributed by atoms with E-state index in [9.17, 15) is 9.59 Å². The van der Waals surface area contributed by atoms with Crippen molar-refractivity contribution in [2.24, 2.45) is 0 Å². The molecule has 2 rings (SSSR count). The summed E-state index contributed by atoms with van der Waals surface area (Å²) in [5, 5.41) is 2.89. The Bertz CT molecular complexity index is 782. The van der Waals surface area contributed by atoms with Crippen LogP contribution in [0.3, 0.4) is 0 Å². The zero-order valence-electron chi connectivity index (χ0n) is 13.5. The highest BCUT2D eigenvalue weighted by atomic mass is 35.5. The van der Waals surface area contributed by atoms with Crippen molar-refractivity contribution in [1.29, 1.82) is 0 Å². The van der Waals surface area contributed by atoms with Gasteiger partial charge in [-0.2, -0.15) is 4.37 Å². The molecule has 0 saturated carbocycles. The van der Waals surface area contributed by atoms with Crippen LogP contribution >= 0.6 is 34.9 Å². The molecule has 0 unspecified atom stereocenters. The van der Waals surface area contributed by atoms with Gasteiger partial charge in [-0.3, -0.25) is 0 Å². The molecule has 0 saturated heterocycles. The molecule has 2 aromatic rings. The van der Waals surface area contributed by atoms with E-state index in [2.05, 4.69) is 18.8 Å². The molecule has 0 spiro atoms. The van der Waals surface area contributed by atoms with Crippen LogP contribution in [0.2, 0.25) is 10.0 Å². The molecule has 1 N–H and O–H groups in total. The van der Waals surface area contributed by atoms with Crippen molar-refractivity contribution >= 4 is 47.0 Å². The normalized spacial score (nSPS) is 10.4. The Hall–Kier alpha value is -1.90. The van der Waals surface area contributed by atoms with Gasteiger partial charge in [-0.05, 0) is 18.6 Å². The van der Waals surface area contributed by atoms with Crippen molar-refractivity contribution < 1.29 is 19.1 Å². The molecule has 1 heterocycles. The number of nitrogens with one attached hydrogen (secondary N) is 1. The number of unbranched alkanes of at least 4 members (excludes halogenated alkanes) is 1. The first-order chi connectivity index (χ1) is 12.0. The molecule has 1 aromatic heterocycles. The van der Waals surface area contributed by atoms with E-state index in [-0.39, 0.29) is 32.7 Å². The lowest BCUT2D eigenvalue weighted by Gasteiger charge is -2.10. The molecule has 0 aliphatic heterocycles. The molecular formula is C15H15Cl2N3O4S. The lowest BCUT2D eigenvalue weighted by Crippen LogP contribution is -2.27. The summed E-state index contributed by atoms with van der Waals surface area (Å²) < 4.78 is 17.9. The average molecular weight is 404 g/mol. The quantitative estimate of drug-likeness (QED) is 0.574. The van der Waals surface area contributed by atoms with Crippen LogP contribution in [-0.4, -0.2) is 34.5 Å². The molecular weight excluding hydrogens is 389 g/mol. The first-order valence-electron chi connectivity index (χ1n) is 7.34. The molecule has 0 bridgehead atoms. The van der Waals surface area contributed by atoms with Crippen LogP contribution in [-0.2, 0) is 4.74 Å². The molecule has 0 atom stereocenters. The highest BCUT2D eigenvalue weighted by Crippen LogP contribution is 2.40. The van der Waals surface area contributed by atoms with Crippen LogP contribution in [0.5, 0.6) is 5.88 Å². The third-order valence-corrected chi connectivity index (χ3v) is 4.40. The second-order valence-corrected chi connectivity index (χ2v) is 6.18. The zero-order chi connectivity index (χ0) is 18.4. The maximum Gasteiger partial charge on any atom is 0.414 e. The van der Waals surface area contributed by atoms with Gasteiger partial charge in [0.05, 0.1) is 34.4 Å². The van der Waals surface area contributed by atoms with Crippen molar-refractivity contribution in [3.63, 3.8) is 0 Å². The van der Waals surface area contributed by atoms with E-state index in [1.165, 1.54) is 19.2 Å². The molecule has 1 aromatic carbocycles. The SMILES string of the molecule is CCCCNC(=O)Oc1nsnc1-c1c(Cl)ccc(C(=O)OC)c1Cl. The minimum absolute atomic E-state index is 0.0372. The van der Waals surface area contributed by atoms with Crippen LogP contribution in [0.15, 0.2) is 12.1 Å². The number of methoxy groups -OCH3 is 1.